The van der Waals surface area contributed by atoms with Gasteiger partial charge in [-0.1, -0.05) is 19.1 Å². The molecule has 0 radical (unpaired) electrons. The summed E-state index contributed by atoms with van der Waals surface area (Å²) in [5.41, 5.74) is 1.70. The van der Waals surface area contributed by atoms with Crippen molar-refractivity contribution in [3.63, 3.8) is 0 Å². The molecule has 1 aromatic carbocycles. The number of ether oxygens (including phenoxy) is 1. The molecule has 0 saturated heterocycles. The van der Waals surface area contributed by atoms with Gasteiger partial charge in [0.15, 0.2) is 0 Å². The van der Waals surface area contributed by atoms with Gasteiger partial charge in [-0.05, 0) is 35.9 Å². The third-order valence-corrected chi connectivity index (χ3v) is 3.26. The zero-order chi connectivity index (χ0) is 14.4. The average Bonchev–Trinajstić information content (AvgIpc) is 2.50. The summed E-state index contributed by atoms with van der Waals surface area (Å²) in [6.45, 7) is 3.34. The predicted octanol–water partition coefficient (Wildman–Crippen LogP) is 2.56. The van der Waals surface area contributed by atoms with Crippen molar-refractivity contribution in [1.29, 1.82) is 0 Å². The Balaban J connectivity index is 2.22. The van der Waals surface area contributed by atoms with Crippen LogP contribution in [0.25, 0.3) is 10.8 Å². The zero-order valence-corrected chi connectivity index (χ0v) is 12.0. The Morgan fingerprint density at radius 3 is 2.95 bits per heavy atom. The topological polar surface area (TPSA) is 51.2 Å². The summed E-state index contributed by atoms with van der Waals surface area (Å²) < 4.78 is 4.96. The average molecular weight is 272 g/mol. The molecule has 2 rings (SSSR count). The van der Waals surface area contributed by atoms with Gasteiger partial charge in [0.1, 0.15) is 5.69 Å². The highest BCUT2D eigenvalue weighted by Gasteiger charge is 2.11. The van der Waals surface area contributed by atoms with Crippen molar-refractivity contribution in [3.05, 3.63) is 41.7 Å². The molecule has 0 bridgehead atoms. The van der Waals surface area contributed by atoms with Gasteiger partial charge < -0.3 is 10.1 Å². The van der Waals surface area contributed by atoms with Crippen LogP contribution in [0.15, 0.2) is 30.5 Å². The first-order chi connectivity index (χ1) is 9.76. The molecule has 20 heavy (non-hydrogen) atoms. The van der Waals surface area contributed by atoms with Gasteiger partial charge in [0, 0.05) is 31.8 Å². The van der Waals surface area contributed by atoms with Crippen LogP contribution in [0.4, 0.5) is 0 Å². The van der Waals surface area contributed by atoms with E-state index in [2.05, 4.69) is 23.3 Å². The first-order valence-corrected chi connectivity index (χ1v) is 6.91. The van der Waals surface area contributed by atoms with Crippen LogP contribution in [0.3, 0.4) is 0 Å². The first kappa shape index (κ1) is 14.5. The van der Waals surface area contributed by atoms with E-state index in [4.69, 9.17) is 4.74 Å². The fraction of sp³-hybridized carbons (Fsp3) is 0.375. The monoisotopic (exact) mass is 272 g/mol. The molecule has 1 heterocycles. The molecular formula is C16H20N2O2. The van der Waals surface area contributed by atoms with E-state index in [1.807, 2.05) is 18.2 Å². The van der Waals surface area contributed by atoms with Gasteiger partial charge in [0.05, 0.1) is 0 Å². The number of amides is 1. The van der Waals surface area contributed by atoms with Crippen LogP contribution < -0.4 is 5.32 Å². The van der Waals surface area contributed by atoms with Gasteiger partial charge in [-0.2, -0.15) is 0 Å². The Hall–Kier alpha value is -1.94. The molecule has 0 unspecified atom stereocenters. The minimum absolute atomic E-state index is 0.125. The Labute approximate surface area is 119 Å². The molecule has 0 aliphatic carbocycles. The van der Waals surface area contributed by atoms with Crippen LogP contribution in [0.5, 0.6) is 0 Å². The van der Waals surface area contributed by atoms with Crippen molar-refractivity contribution < 1.29 is 9.53 Å². The fourth-order valence-corrected chi connectivity index (χ4v) is 2.12. The van der Waals surface area contributed by atoms with Crippen molar-refractivity contribution in [2.45, 2.75) is 19.8 Å². The smallest absolute Gasteiger partial charge is 0.270 e. The van der Waals surface area contributed by atoms with Gasteiger partial charge in [0.25, 0.3) is 5.91 Å². The second kappa shape index (κ2) is 7.01. The minimum atomic E-state index is -0.125. The van der Waals surface area contributed by atoms with Crippen molar-refractivity contribution in [2.75, 3.05) is 20.3 Å². The summed E-state index contributed by atoms with van der Waals surface area (Å²) >= 11 is 0. The number of pyridine rings is 1. The standard InChI is InChI=1S/C16H20N2O2/c1-3-12-5-6-13-7-9-17-15(14(13)11-12)16(19)18-8-4-10-20-2/h5-7,9,11H,3-4,8,10H2,1-2H3,(H,18,19). The number of rotatable bonds is 6. The SMILES string of the molecule is CCc1ccc2ccnc(C(=O)NCCCOC)c2c1. The van der Waals surface area contributed by atoms with Crippen LogP contribution >= 0.6 is 0 Å². The van der Waals surface area contributed by atoms with Gasteiger partial charge in [-0.25, -0.2) is 0 Å². The Morgan fingerprint density at radius 2 is 2.20 bits per heavy atom. The zero-order valence-electron chi connectivity index (χ0n) is 12.0. The van der Waals surface area contributed by atoms with E-state index in [1.165, 1.54) is 5.56 Å². The number of carbonyl (C=O) groups is 1. The van der Waals surface area contributed by atoms with Crippen LogP contribution in [-0.4, -0.2) is 31.2 Å². The molecule has 4 heteroatoms. The second-order valence-corrected chi connectivity index (χ2v) is 4.67. The van der Waals surface area contributed by atoms with Crippen LogP contribution in [0.1, 0.15) is 29.4 Å². The molecule has 0 fully saturated rings. The van der Waals surface area contributed by atoms with Crippen LogP contribution in [0.2, 0.25) is 0 Å². The molecule has 0 aliphatic rings. The van der Waals surface area contributed by atoms with Gasteiger partial charge in [0.2, 0.25) is 0 Å². The Kier molecular flexibility index (Phi) is 5.07. The molecule has 2 aromatic rings. The molecular weight excluding hydrogens is 252 g/mol. The summed E-state index contributed by atoms with van der Waals surface area (Å²) in [4.78, 5) is 16.4. The van der Waals surface area contributed by atoms with Crippen molar-refractivity contribution in [1.82, 2.24) is 10.3 Å². The van der Waals surface area contributed by atoms with Gasteiger partial charge in [-0.15, -0.1) is 0 Å². The molecule has 0 saturated carbocycles. The van der Waals surface area contributed by atoms with Crippen LogP contribution in [0, 0.1) is 0 Å². The number of aryl methyl sites for hydroxylation is 1. The number of carbonyl (C=O) groups excluding carboxylic acids is 1. The summed E-state index contributed by atoms with van der Waals surface area (Å²) in [6.07, 6.45) is 3.42. The third-order valence-electron chi connectivity index (χ3n) is 3.26. The van der Waals surface area contributed by atoms with Crippen molar-refractivity contribution in [2.24, 2.45) is 0 Å². The van der Waals surface area contributed by atoms with E-state index < -0.39 is 0 Å². The minimum Gasteiger partial charge on any atom is -0.385 e. The number of hydrogen-bond acceptors (Lipinski definition) is 3. The van der Waals surface area contributed by atoms with E-state index in [-0.39, 0.29) is 5.91 Å². The summed E-state index contributed by atoms with van der Waals surface area (Å²) in [5, 5.41) is 4.84. The van der Waals surface area contributed by atoms with Crippen LogP contribution in [-0.2, 0) is 11.2 Å². The number of methoxy groups -OCH3 is 1. The summed E-state index contributed by atoms with van der Waals surface area (Å²) in [7, 11) is 1.65. The molecule has 1 aromatic heterocycles. The lowest BCUT2D eigenvalue weighted by Gasteiger charge is -2.08. The highest BCUT2D eigenvalue weighted by atomic mass is 16.5. The molecule has 106 valence electrons. The van der Waals surface area contributed by atoms with E-state index in [0.29, 0.717) is 18.8 Å². The molecule has 0 spiro atoms. The number of hydrogen-bond donors (Lipinski definition) is 1. The highest BCUT2D eigenvalue weighted by Crippen LogP contribution is 2.19. The maximum Gasteiger partial charge on any atom is 0.270 e. The lowest BCUT2D eigenvalue weighted by molar-refractivity contribution is 0.0945. The molecule has 0 aliphatic heterocycles. The Morgan fingerprint density at radius 1 is 1.35 bits per heavy atom. The Bertz CT molecular complexity index is 596. The molecule has 1 N–H and O–H groups in total. The molecule has 0 atom stereocenters. The van der Waals surface area contributed by atoms with E-state index >= 15 is 0 Å². The van der Waals surface area contributed by atoms with Crippen molar-refractivity contribution >= 4 is 16.7 Å². The quantitative estimate of drug-likeness (QED) is 0.822. The van der Waals surface area contributed by atoms with E-state index in [9.17, 15) is 4.79 Å². The fourth-order valence-electron chi connectivity index (χ4n) is 2.12. The highest BCUT2D eigenvalue weighted by molar-refractivity contribution is 6.05. The summed E-state index contributed by atoms with van der Waals surface area (Å²) in [6, 6.07) is 8.10. The van der Waals surface area contributed by atoms with Crippen molar-refractivity contribution in [3.8, 4) is 0 Å². The summed E-state index contributed by atoms with van der Waals surface area (Å²) in [5.74, 6) is -0.125. The van der Waals surface area contributed by atoms with E-state index in [0.717, 1.165) is 23.6 Å². The second-order valence-electron chi connectivity index (χ2n) is 4.67. The lowest BCUT2D eigenvalue weighted by Crippen LogP contribution is -2.26. The van der Waals surface area contributed by atoms with Gasteiger partial charge >= 0.3 is 0 Å². The largest absolute Gasteiger partial charge is 0.385 e. The predicted molar refractivity (Wildman–Crippen MR) is 79.9 cm³/mol. The number of aromatic nitrogens is 1. The number of nitrogens with zero attached hydrogens (tertiary/aromatic N) is 1. The maximum atomic E-state index is 12.2. The van der Waals surface area contributed by atoms with Gasteiger partial charge in [-0.3, -0.25) is 9.78 Å². The van der Waals surface area contributed by atoms with E-state index in [1.54, 1.807) is 13.3 Å². The number of benzene rings is 1. The first-order valence-electron chi connectivity index (χ1n) is 6.91. The number of nitrogens with one attached hydrogen (secondary N) is 1. The normalized spacial score (nSPS) is 10.7. The number of fused-ring (bicyclic) bond motifs is 1. The maximum absolute atomic E-state index is 12.2. The molecule has 1 amide bonds. The lowest BCUT2D eigenvalue weighted by atomic mass is 10.0. The third kappa shape index (κ3) is 3.33. The molecule has 4 nitrogen and oxygen atoms in total.